The van der Waals surface area contributed by atoms with Crippen molar-refractivity contribution < 1.29 is 9.32 Å². The number of hydrogen-bond donors (Lipinski definition) is 1. The number of likely N-dealkylation sites (tertiary alicyclic amines) is 1. The molecule has 2 aromatic heterocycles. The van der Waals surface area contributed by atoms with Gasteiger partial charge in [-0.05, 0) is 19.3 Å². The van der Waals surface area contributed by atoms with Crippen LogP contribution in [0.25, 0.3) is 0 Å². The van der Waals surface area contributed by atoms with E-state index in [0.717, 1.165) is 25.1 Å². The Labute approximate surface area is 138 Å². The van der Waals surface area contributed by atoms with Gasteiger partial charge in [0.2, 0.25) is 11.8 Å². The van der Waals surface area contributed by atoms with E-state index in [4.69, 9.17) is 10.3 Å². The molecule has 2 N–H and O–H groups in total. The summed E-state index contributed by atoms with van der Waals surface area (Å²) in [4.78, 5) is 23.0. The minimum Gasteiger partial charge on any atom is -0.375 e. The lowest BCUT2D eigenvalue weighted by Crippen LogP contribution is -2.31. The summed E-state index contributed by atoms with van der Waals surface area (Å²) in [6.07, 6.45) is 2.86. The van der Waals surface area contributed by atoms with E-state index in [1.54, 1.807) is 0 Å². The van der Waals surface area contributed by atoms with Gasteiger partial charge in [0.25, 0.3) is 0 Å². The summed E-state index contributed by atoms with van der Waals surface area (Å²) in [5.74, 6) is 1.56. The first-order chi connectivity index (χ1) is 11.0. The van der Waals surface area contributed by atoms with Crippen LogP contribution in [0.3, 0.4) is 0 Å². The van der Waals surface area contributed by atoms with E-state index in [2.05, 4.69) is 15.1 Å². The van der Waals surface area contributed by atoms with Crippen LogP contribution >= 0.6 is 11.3 Å². The van der Waals surface area contributed by atoms with Gasteiger partial charge in [-0.2, -0.15) is 4.98 Å². The zero-order valence-corrected chi connectivity index (χ0v) is 14.2. The highest BCUT2D eigenvalue weighted by Gasteiger charge is 2.33. The maximum atomic E-state index is 12.5. The third-order valence-corrected chi connectivity index (χ3v) is 4.72. The van der Waals surface area contributed by atoms with Crippen LogP contribution in [0, 0.1) is 0 Å². The lowest BCUT2D eigenvalue weighted by Gasteiger charge is -2.21. The number of aryl methyl sites for hydroxylation is 1. The number of aromatic nitrogens is 3. The van der Waals surface area contributed by atoms with Gasteiger partial charge < -0.3 is 15.2 Å². The molecule has 2 aromatic rings. The fourth-order valence-electron chi connectivity index (χ4n) is 2.76. The summed E-state index contributed by atoms with van der Waals surface area (Å²) in [5, 5.41) is 6.44. The van der Waals surface area contributed by atoms with Gasteiger partial charge in [-0.15, -0.1) is 11.3 Å². The number of thiazole rings is 1. The molecule has 7 nitrogen and oxygen atoms in total. The van der Waals surface area contributed by atoms with Crippen molar-refractivity contribution in [3.63, 3.8) is 0 Å². The maximum Gasteiger partial charge on any atom is 0.249 e. The molecule has 8 heteroatoms. The molecule has 0 unspecified atom stereocenters. The quantitative estimate of drug-likeness (QED) is 0.901. The van der Waals surface area contributed by atoms with E-state index in [0.29, 0.717) is 29.7 Å². The smallest absolute Gasteiger partial charge is 0.249 e. The molecule has 0 bridgehead atoms. The molecule has 1 aliphatic heterocycles. The van der Waals surface area contributed by atoms with Crippen LogP contribution < -0.4 is 5.73 Å². The van der Waals surface area contributed by atoms with Crippen molar-refractivity contribution in [1.29, 1.82) is 0 Å². The Morgan fingerprint density at radius 2 is 2.35 bits per heavy atom. The lowest BCUT2D eigenvalue weighted by molar-refractivity contribution is -0.132. The van der Waals surface area contributed by atoms with Gasteiger partial charge in [0, 0.05) is 24.3 Å². The van der Waals surface area contributed by atoms with Crippen molar-refractivity contribution in [3.05, 3.63) is 22.8 Å². The third kappa shape index (κ3) is 3.52. The van der Waals surface area contributed by atoms with E-state index in [1.165, 1.54) is 11.3 Å². The molecular formula is C15H21N5O2S. The van der Waals surface area contributed by atoms with Gasteiger partial charge in [0.1, 0.15) is 6.04 Å². The summed E-state index contributed by atoms with van der Waals surface area (Å²) in [7, 11) is 0. The van der Waals surface area contributed by atoms with Crippen LogP contribution in [0.4, 0.5) is 5.13 Å². The SMILES string of the molecule is CC(C)c1noc([C@@H]2CCCN2C(=O)CCc2csc(N)n2)n1. The van der Waals surface area contributed by atoms with Crippen LogP contribution in [-0.4, -0.2) is 32.5 Å². The van der Waals surface area contributed by atoms with Crippen molar-refractivity contribution in [2.45, 2.75) is 51.5 Å². The third-order valence-electron chi connectivity index (χ3n) is 4.00. The minimum absolute atomic E-state index is 0.0944. The predicted octanol–water partition coefficient (Wildman–Crippen LogP) is 2.53. The monoisotopic (exact) mass is 335 g/mol. The number of anilines is 1. The normalized spacial score (nSPS) is 18.0. The molecule has 23 heavy (non-hydrogen) atoms. The van der Waals surface area contributed by atoms with E-state index >= 15 is 0 Å². The molecule has 0 aliphatic carbocycles. The second-order valence-corrected chi connectivity index (χ2v) is 6.96. The molecule has 1 atom stereocenters. The molecule has 124 valence electrons. The second-order valence-electron chi connectivity index (χ2n) is 6.07. The average molecular weight is 335 g/mol. The number of nitrogens with zero attached hydrogens (tertiary/aromatic N) is 4. The Hall–Kier alpha value is -1.96. The molecule has 3 heterocycles. The van der Waals surface area contributed by atoms with E-state index in [9.17, 15) is 4.79 Å². The van der Waals surface area contributed by atoms with Gasteiger partial charge in [0.05, 0.1) is 5.69 Å². The van der Waals surface area contributed by atoms with Gasteiger partial charge >= 0.3 is 0 Å². The molecule has 1 amide bonds. The summed E-state index contributed by atoms with van der Waals surface area (Å²) in [5.41, 5.74) is 6.49. The number of carbonyl (C=O) groups is 1. The lowest BCUT2D eigenvalue weighted by atomic mass is 10.2. The average Bonchev–Trinajstić information content (AvgIpc) is 3.24. The molecule has 0 saturated carbocycles. The molecule has 3 rings (SSSR count). The number of carbonyl (C=O) groups excluding carboxylic acids is 1. The summed E-state index contributed by atoms with van der Waals surface area (Å²) in [6.45, 7) is 4.78. The number of amides is 1. The zero-order chi connectivity index (χ0) is 16.4. The standard InChI is InChI=1S/C15H21N5O2S/c1-9(2)13-18-14(22-19-13)11-4-3-7-20(11)12(21)6-5-10-8-23-15(16)17-10/h8-9,11H,3-7H2,1-2H3,(H2,16,17)/t11-/m0/s1. The number of hydrogen-bond acceptors (Lipinski definition) is 7. The number of nitrogen functional groups attached to an aromatic ring is 1. The van der Waals surface area contributed by atoms with Crippen molar-refractivity contribution in [2.75, 3.05) is 12.3 Å². The van der Waals surface area contributed by atoms with Crippen LogP contribution in [0.5, 0.6) is 0 Å². The summed E-state index contributed by atoms with van der Waals surface area (Å²) >= 11 is 1.40. The number of nitrogens with two attached hydrogens (primary N) is 1. The van der Waals surface area contributed by atoms with Crippen LogP contribution in [0.15, 0.2) is 9.90 Å². The largest absolute Gasteiger partial charge is 0.375 e. The molecule has 0 aromatic carbocycles. The van der Waals surface area contributed by atoms with Crippen LogP contribution in [0.2, 0.25) is 0 Å². The predicted molar refractivity (Wildman–Crippen MR) is 86.9 cm³/mol. The topological polar surface area (TPSA) is 98.1 Å². The van der Waals surface area contributed by atoms with Crippen molar-refractivity contribution in [3.8, 4) is 0 Å². The Morgan fingerprint density at radius 3 is 3.00 bits per heavy atom. The highest BCUT2D eigenvalue weighted by atomic mass is 32.1. The first-order valence-electron chi connectivity index (χ1n) is 7.87. The highest BCUT2D eigenvalue weighted by molar-refractivity contribution is 7.13. The molecule has 1 aliphatic rings. The summed E-state index contributed by atoms with van der Waals surface area (Å²) in [6, 6.07) is -0.0944. The number of rotatable bonds is 5. The Morgan fingerprint density at radius 1 is 1.52 bits per heavy atom. The molecule has 0 spiro atoms. The van der Waals surface area contributed by atoms with Gasteiger partial charge in [-0.1, -0.05) is 19.0 Å². The second kappa shape index (κ2) is 6.66. The maximum absolute atomic E-state index is 12.5. The molecule has 1 saturated heterocycles. The Bertz CT molecular complexity index is 681. The van der Waals surface area contributed by atoms with E-state index < -0.39 is 0 Å². The van der Waals surface area contributed by atoms with E-state index in [-0.39, 0.29) is 17.9 Å². The van der Waals surface area contributed by atoms with Gasteiger partial charge in [0.15, 0.2) is 11.0 Å². The molecule has 0 radical (unpaired) electrons. The van der Waals surface area contributed by atoms with Crippen molar-refractivity contribution in [1.82, 2.24) is 20.0 Å². The fraction of sp³-hybridized carbons (Fsp3) is 0.600. The minimum atomic E-state index is -0.0944. The van der Waals surface area contributed by atoms with Gasteiger partial charge in [-0.3, -0.25) is 4.79 Å². The zero-order valence-electron chi connectivity index (χ0n) is 13.4. The first kappa shape index (κ1) is 15.9. The summed E-state index contributed by atoms with van der Waals surface area (Å²) < 4.78 is 5.37. The first-order valence-corrected chi connectivity index (χ1v) is 8.75. The van der Waals surface area contributed by atoms with Crippen LogP contribution in [-0.2, 0) is 11.2 Å². The fourth-order valence-corrected chi connectivity index (χ4v) is 3.35. The van der Waals surface area contributed by atoms with Crippen molar-refractivity contribution in [2.24, 2.45) is 0 Å². The Balaban J connectivity index is 1.64. The van der Waals surface area contributed by atoms with Crippen molar-refractivity contribution >= 4 is 22.4 Å². The Kier molecular flexibility index (Phi) is 4.61. The van der Waals surface area contributed by atoms with Gasteiger partial charge in [-0.25, -0.2) is 4.98 Å². The molecular weight excluding hydrogens is 314 g/mol. The molecule has 1 fully saturated rings. The van der Waals surface area contributed by atoms with Crippen LogP contribution in [0.1, 0.15) is 62.5 Å². The highest BCUT2D eigenvalue weighted by Crippen LogP contribution is 2.32. The van der Waals surface area contributed by atoms with E-state index in [1.807, 2.05) is 24.1 Å².